The molecule has 0 aromatic carbocycles. The third kappa shape index (κ3) is 5.02. The number of nitrogens with one attached hydrogen (secondary N) is 1. The zero-order chi connectivity index (χ0) is 24.6. The Kier molecular flexibility index (Phi) is 6.28. The van der Waals surface area contributed by atoms with Crippen molar-refractivity contribution in [1.29, 1.82) is 0 Å². The molecule has 0 bridgehead atoms. The van der Waals surface area contributed by atoms with E-state index >= 15 is 0 Å². The lowest BCUT2D eigenvalue weighted by Crippen LogP contribution is -2.47. The van der Waals surface area contributed by atoms with Gasteiger partial charge in [0.15, 0.2) is 11.9 Å². The summed E-state index contributed by atoms with van der Waals surface area (Å²) in [6.45, 7) is 5.74. The number of esters is 1. The number of carboxylic acid groups (broad SMARTS) is 1. The number of fused-ring (bicyclic) bond motifs is 3. The number of ether oxygens (including phenoxy) is 1. The van der Waals surface area contributed by atoms with Crippen LogP contribution in [-0.2, 0) is 20.7 Å². The number of nitrogens with zero attached hydrogens (tertiary/aromatic N) is 4. The van der Waals surface area contributed by atoms with Crippen molar-refractivity contribution in [3.05, 3.63) is 40.7 Å². The molecule has 2 aromatic heterocycles. The molecule has 2 heterocycles. The summed E-state index contributed by atoms with van der Waals surface area (Å²) in [5, 5.41) is 28.0. The van der Waals surface area contributed by atoms with Crippen LogP contribution in [0.2, 0.25) is 0 Å². The van der Waals surface area contributed by atoms with Crippen molar-refractivity contribution >= 4 is 17.8 Å². The second-order valence-corrected chi connectivity index (χ2v) is 10.0. The van der Waals surface area contributed by atoms with Crippen LogP contribution >= 0.6 is 0 Å². The summed E-state index contributed by atoms with van der Waals surface area (Å²) in [7, 11) is 0. The maximum atomic E-state index is 13.3. The van der Waals surface area contributed by atoms with Crippen LogP contribution < -0.4 is 10.0 Å². The molecule has 0 aliphatic heterocycles. The Hall–Kier alpha value is -3.50. The van der Waals surface area contributed by atoms with Gasteiger partial charge in [-0.05, 0) is 30.6 Å². The van der Waals surface area contributed by atoms with E-state index in [4.69, 9.17) is 9.84 Å². The van der Waals surface area contributed by atoms with E-state index in [1.54, 1.807) is 4.68 Å². The summed E-state index contributed by atoms with van der Waals surface area (Å²) >= 11 is 0. The molecule has 0 radical (unpaired) electrons. The molecule has 34 heavy (non-hydrogen) atoms. The zero-order valence-corrected chi connectivity index (χ0v) is 19.5. The highest BCUT2D eigenvalue weighted by Crippen LogP contribution is 2.57. The number of carbonyl (C=O) groups excluding carboxylic acids is 2. The van der Waals surface area contributed by atoms with Crippen LogP contribution in [0.5, 0.6) is 0 Å². The van der Waals surface area contributed by atoms with E-state index in [-0.39, 0.29) is 31.8 Å². The molecule has 1 saturated carbocycles. The minimum absolute atomic E-state index is 0.00158. The molecular formula is C23H29N5O6. The van der Waals surface area contributed by atoms with E-state index in [1.807, 2.05) is 20.8 Å². The smallest absolute Gasteiger partial charge is 0.305 e. The molecule has 2 N–H and O–H groups in total. The number of rotatable bonds is 9. The van der Waals surface area contributed by atoms with Gasteiger partial charge in [-0.3, -0.25) is 14.4 Å². The Labute approximate surface area is 196 Å². The molecule has 0 unspecified atom stereocenters. The fourth-order valence-corrected chi connectivity index (χ4v) is 4.31. The van der Waals surface area contributed by atoms with E-state index in [9.17, 15) is 19.6 Å². The van der Waals surface area contributed by atoms with Gasteiger partial charge in [0.1, 0.15) is 6.61 Å². The summed E-state index contributed by atoms with van der Waals surface area (Å²) in [5.74, 6) is -0.674. The van der Waals surface area contributed by atoms with E-state index < -0.39 is 23.4 Å². The highest BCUT2D eigenvalue weighted by Gasteiger charge is 2.50. The average Bonchev–Trinajstić information content (AvgIpc) is 3.24. The van der Waals surface area contributed by atoms with Gasteiger partial charge in [0.05, 0.1) is 17.9 Å². The molecule has 3 atom stereocenters. The van der Waals surface area contributed by atoms with Crippen molar-refractivity contribution in [3.63, 3.8) is 0 Å². The first kappa shape index (κ1) is 23.7. The van der Waals surface area contributed by atoms with Crippen molar-refractivity contribution in [2.75, 3.05) is 6.61 Å². The SMILES string of the molecule is CC(C)(C)[C@@H](COC(=O)CCCC(=O)O)NC(=O)c1nn(-c2c[n+]([O-])ccn2)c2c1C[C@@H]1C[C@H]21. The van der Waals surface area contributed by atoms with Crippen molar-refractivity contribution < 1.29 is 29.0 Å². The van der Waals surface area contributed by atoms with Gasteiger partial charge in [-0.25, -0.2) is 9.67 Å². The van der Waals surface area contributed by atoms with Crippen LogP contribution in [-0.4, -0.2) is 50.4 Å². The predicted molar refractivity (Wildman–Crippen MR) is 118 cm³/mol. The Morgan fingerprint density at radius 3 is 2.79 bits per heavy atom. The van der Waals surface area contributed by atoms with Crippen LogP contribution in [0.1, 0.15) is 74.1 Å². The predicted octanol–water partition coefficient (Wildman–Crippen LogP) is 1.50. The maximum Gasteiger partial charge on any atom is 0.305 e. The summed E-state index contributed by atoms with van der Waals surface area (Å²) in [6, 6.07) is -0.487. The fraction of sp³-hybridized carbons (Fsp3) is 0.565. The zero-order valence-electron chi connectivity index (χ0n) is 19.5. The van der Waals surface area contributed by atoms with Gasteiger partial charge in [0.25, 0.3) is 5.91 Å². The second-order valence-electron chi connectivity index (χ2n) is 10.0. The quantitative estimate of drug-likeness (QED) is 0.317. The van der Waals surface area contributed by atoms with Gasteiger partial charge < -0.3 is 20.4 Å². The maximum absolute atomic E-state index is 13.3. The number of hydrogen-bond acceptors (Lipinski definition) is 7. The topological polar surface area (TPSA) is 150 Å². The van der Waals surface area contributed by atoms with Crippen LogP contribution in [0.15, 0.2) is 18.6 Å². The van der Waals surface area contributed by atoms with Crippen LogP contribution in [0.4, 0.5) is 0 Å². The Bertz CT molecular complexity index is 1120. The highest BCUT2D eigenvalue weighted by atomic mass is 16.5. The van der Waals surface area contributed by atoms with Gasteiger partial charge >= 0.3 is 11.9 Å². The van der Waals surface area contributed by atoms with Crippen molar-refractivity contribution in [2.24, 2.45) is 11.3 Å². The average molecular weight is 472 g/mol. The lowest BCUT2D eigenvalue weighted by atomic mass is 9.87. The minimum atomic E-state index is -0.965. The van der Waals surface area contributed by atoms with Crippen LogP contribution in [0.25, 0.3) is 5.82 Å². The molecule has 182 valence electrons. The molecular weight excluding hydrogens is 442 g/mol. The summed E-state index contributed by atoms with van der Waals surface area (Å²) in [6.07, 6.45) is 5.90. The molecule has 2 aliphatic rings. The largest absolute Gasteiger partial charge is 0.619 e. The number of hydrogen-bond donors (Lipinski definition) is 2. The van der Waals surface area contributed by atoms with Crippen LogP contribution in [0, 0.1) is 16.5 Å². The lowest BCUT2D eigenvalue weighted by Gasteiger charge is -2.31. The van der Waals surface area contributed by atoms with E-state index in [0.29, 0.717) is 28.1 Å². The lowest BCUT2D eigenvalue weighted by molar-refractivity contribution is -0.605. The molecule has 1 fully saturated rings. The van der Waals surface area contributed by atoms with Crippen molar-refractivity contribution in [2.45, 2.75) is 64.8 Å². The second kappa shape index (κ2) is 9.03. The number of amides is 1. The van der Waals surface area contributed by atoms with E-state index in [1.165, 1.54) is 18.6 Å². The van der Waals surface area contributed by atoms with Crippen molar-refractivity contribution in [3.8, 4) is 5.82 Å². The summed E-state index contributed by atoms with van der Waals surface area (Å²) in [4.78, 5) is 40.2. The van der Waals surface area contributed by atoms with Gasteiger partial charge in [0.2, 0.25) is 12.0 Å². The van der Waals surface area contributed by atoms with E-state index in [2.05, 4.69) is 15.4 Å². The first-order valence-corrected chi connectivity index (χ1v) is 11.4. The first-order valence-electron chi connectivity index (χ1n) is 11.4. The Morgan fingerprint density at radius 2 is 2.12 bits per heavy atom. The fourth-order valence-electron chi connectivity index (χ4n) is 4.31. The third-order valence-electron chi connectivity index (χ3n) is 6.39. The first-order chi connectivity index (χ1) is 16.0. The Balaban J connectivity index is 1.49. The Morgan fingerprint density at radius 1 is 1.35 bits per heavy atom. The monoisotopic (exact) mass is 471 g/mol. The molecule has 2 aromatic rings. The van der Waals surface area contributed by atoms with E-state index in [0.717, 1.165) is 24.1 Å². The van der Waals surface area contributed by atoms with Gasteiger partial charge in [-0.15, -0.1) is 0 Å². The number of aromatic nitrogens is 4. The molecule has 0 saturated heterocycles. The van der Waals surface area contributed by atoms with Gasteiger partial charge in [0, 0.05) is 24.3 Å². The molecule has 4 rings (SSSR count). The molecule has 11 heteroatoms. The summed E-state index contributed by atoms with van der Waals surface area (Å²) < 4.78 is 7.58. The normalized spacial score (nSPS) is 19.1. The summed E-state index contributed by atoms with van der Waals surface area (Å²) in [5.41, 5.74) is 1.69. The number of carboxylic acids is 1. The molecule has 11 nitrogen and oxygen atoms in total. The third-order valence-corrected chi connectivity index (χ3v) is 6.39. The minimum Gasteiger partial charge on any atom is -0.619 e. The van der Waals surface area contributed by atoms with Gasteiger partial charge in [-0.2, -0.15) is 9.83 Å². The molecule has 2 aliphatic carbocycles. The molecule has 1 amide bonds. The molecule has 0 spiro atoms. The highest BCUT2D eigenvalue weighted by molar-refractivity contribution is 5.94. The number of aliphatic carboxylic acids is 1. The van der Waals surface area contributed by atoms with Crippen LogP contribution in [0.3, 0.4) is 0 Å². The van der Waals surface area contributed by atoms with Gasteiger partial charge in [-0.1, -0.05) is 20.8 Å². The van der Waals surface area contributed by atoms with Crippen molar-refractivity contribution in [1.82, 2.24) is 20.1 Å². The number of carbonyl (C=O) groups is 3. The standard InChI is InChI=1S/C23H29N5O6/c1-23(2,3)16(12-34-19(31)6-4-5-18(29)30)25-22(32)20-15-10-13-9-14(13)21(15)28(26-20)17-11-27(33)8-7-24-17/h7-8,11,13-14,16H,4-6,9-10,12H2,1-3H3,(H,25,32)(H,29,30)/t13-,14-,16+/m0/s1.